The van der Waals surface area contributed by atoms with E-state index < -0.39 is 0 Å². The van der Waals surface area contributed by atoms with E-state index in [2.05, 4.69) is 48.1 Å². The monoisotopic (exact) mass is 493 g/mol. The minimum Gasteiger partial charge on any atom is -0.357 e. The number of aliphatic imine (C=N–C) groups is 1. The van der Waals surface area contributed by atoms with E-state index in [4.69, 9.17) is 4.99 Å². The van der Waals surface area contributed by atoms with Crippen LogP contribution < -0.4 is 10.6 Å². The van der Waals surface area contributed by atoms with Crippen LogP contribution in [-0.2, 0) is 0 Å². The fourth-order valence-corrected chi connectivity index (χ4v) is 4.07. The summed E-state index contributed by atoms with van der Waals surface area (Å²) in [7, 11) is 0. The molecule has 2 aliphatic rings. The third-order valence-corrected chi connectivity index (χ3v) is 5.95. The first-order chi connectivity index (χ1) is 12.6. The Morgan fingerprint density at radius 3 is 2.52 bits per heavy atom. The molecular weight excluding hydrogens is 449 g/mol. The number of hydrogen-bond acceptors (Lipinski definition) is 3. The van der Waals surface area contributed by atoms with Crippen molar-refractivity contribution in [2.24, 2.45) is 16.8 Å². The number of likely N-dealkylation sites (tertiary alicyclic amines) is 2. The highest BCUT2D eigenvalue weighted by molar-refractivity contribution is 14.0. The van der Waals surface area contributed by atoms with Crippen molar-refractivity contribution < 1.29 is 0 Å². The lowest BCUT2D eigenvalue weighted by Gasteiger charge is -2.34. The van der Waals surface area contributed by atoms with Crippen molar-refractivity contribution in [3.05, 3.63) is 0 Å². The Morgan fingerprint density at radius 2 is 1.85 bits per heavy atom. The number of halogens is 1. The van der Waals surface area contributed by atoms with Crippen molar-refractivity contribution in [2.45, 2.75) is 65.8 Å². The van der Waals surface area contributed by atoms with Crippen LogP contribution in [0.5, 0.6) is 0 Å². The van der Waals surface area contributed by atoms with Gasteiger partial charge in [0.05, 0.1) is 0 Å². The van der Waals surface area contributed by atoms with E-state index in [9.17, 15) is 0 Å². The molecule has 0 aliphatic carbocycles. The summed E-state index contributed by atoms with van der Waals surface area (Å²) in [5.74, 6) is 2.63. The lowest BCUT2D eigenvalue weighted by Crippen LogP contribution is -2.42. The Balaban J connectivity index is 0.00000364. The standard InChI is InChI=1S/C21H43N5.HI/c1-5-22-21(23-11-7-12-25-14-9-19(4)10-15-25)24-16-20-8-6-13-26(17-20)18(2)3;/h18-20H,5-17H2,1-4H3,(H2,22,23,24);1H. The molecule has 0 bridgehead atoms. The zero-order chi connectivity index (χ0) is 18.8. The second kappa shape index (κ2) is 14.0. The second-order valence-corrected chi connectivity index (χ2v) is 8.62. The Morgan fingerprint density at radius 1 is 1.11 bits per heavy atom. The average Bonchev–Trinajstić information content (AvgIpc) is 2.64. The summed E-state index contributed by atoms with van der Waals surface area (Å²) >= 11 is 0. The molecule has 2 heterocycles. The lowest BCUT2D eigenvalue weighted by molar-refractivity contribution is 0.143. The van der Waals surface area contributed by atoms with Crippen molar-refractivity contribution in [1.82, 2.24) is 20.4 Å². The van der Waals surface area contributed by atoms with Gasteiger partial charge in [0.2, 0.25) is 0 Å². The summed E-state index contributed by atoms with van der Waals surface area (Å²) in [5.41, 5.74) is 0. The number of hydrogen-bond donors (Lipinski definition) is 2. The maximum absolute atomic E-state index is 4.88. The molecule has 0 saturated carbocycles. The topological polar surface area (TPSA) is 42.9 Å². The summed E-state index contributed by atoms with van der Waals surface area (Å²) in [4.78, 5) is 10.1. The van der Waals surface area contributed by atoms with E-state index in [0.29, 0.717) is 12.0 Å². The van der Waals surface area contributed by atoms with Crippen LogP contribution in [0.3, 0.4) is 0 Å². The van der Waals surface area contributed by atoms with Crippen molar-refractivity contribution in [2.75, 3.05) is 52.4 Å². The summed E-state index contributed by atoms with van der Waals surface area (Å²) in [5, 5.41) is 6.95. The highest BCUT2D eigenvalue weighted by Gasteiger charge is 2.21. The zero-order valence-electron chi connectivity index (χ0n) is 18.2. The zero-order valence-corrected chi connectivity index (χ0v) is 20.5. The first-order valence-electron chi connectivity index (χ1n) is 11.1. The molecule has 6 heteroatoms. The predicted octanol–water partition coefficient (Wildman–Crippen LogP) is 3.40. The molecule has 2 N–H and O–H groups in total. The van der Waals surface area contributed by atoms with Gasteiger partial charge in [-0.2, -0.15) is 0 Å². The third-order valence-electron chi connectivity index (χ3n) is 5.95. The Labute approximate surface area is 185 Å². The van der Waals surface area contributed by atoms with Gasteiger partial charge in [0.15, 0.2) is 5.96 Å². The van der Waals surface area contributed by atoms with Gasteiger partial charge in [0, 0.05) is 32.2 Å². The van der Waals surface area contributed by atoms with Crippen LogP contribution in [0.2, 0.25) is 0 Å². The minimum atomic E-state index is 0. The van der Waals surface area contributed by atoms with Crippen molar-refractivity contribution in [1.29, 1.82) is 0 Å². The number of piperidine rings is 2. The maximum Gasteiger partial charge on any atom is 0.191 e. The Kier molecular flexibility index (Phi) is 12.9. The largest absolute Gasteiger partial charge is 0.357 e. The molecule has 1 unspecified atom stereocenters. The van der Waals surface area contributed by atoms with Crippen LogP contribution >= 0.6 is 24.0 Å². The molecule has 0 aromatic rings. The predicted molar refractivity (Wildman–Crippen MR) is 128 cm³/mol. The molecule has 2 aliphatic heterocycles. The van der Waals surface area contributed by atoms with Gasteiger partial charge >= 0.3 is 0 Å². The summed E-state index contributed by atoms with van der Waals surface area (Å²) in [6.07, 6.45) is 6.57. The summed E-state index contributed by atoms with van der Waals surface area (Å²) in [6.45, 7) is 18.3. The highest BCUT2D eigenvalue weighted by Crippen LogP contribution is 2.18. The summed E-state index contributed by atoms with van der Waals surface area (Å²) < 4.78 is 0. The van der Waals surface area contributed by atoms with Crippen LogP contribution in [-0.4, -0.2) is 74.2 Å². The average molecular weight is 494 g/mol. The molecule has 0 aromatic carbocycles. The van der Waals surface area contributed by atoms with Crippen molar-refractivity contribution >= 4 is 29.9 Å². The summed E-state index contributed by atoms with van der Waals surface area (Å²) in [6, 6.07) is 0.658. The first kappa shape index (κ1) is 25.0. The van der Waals surface area contributed by atoms with Crippen LogP contribution in [0.15, 0.2) is 4.99 Å². The van der Waals surface area contributed by atoms with Crippen LogP contribution in [0.4, 0.5) is 0 Å². The van der Waals surface area contributed by atoms with Crippen LogP contribution in [0.25, 0.3) is 0 Å². The molecule has 2 rings (SSSR count). The number of guanidine groups is 1. The number of nitrogens with zero attached hydrogens (tertiary/aromatic N) is 3. The first-order valence-corrected chi connectivity index (χ1v) is 11.1. The molecule has 0 spiro atoms. The van der Waals surface area contributed by atoms with E-state index in [1.165, 1.54) is 64.8 Å². The van der Waals surface area contributed by atoms with E-state index in [0.717, 1.165) is 31.5 Å². The van der Waals surface area contributed by atoms with Crippen molar-refractivity contribution in [3.8, 4) is 0 Å². The molecule has 160 valence electrons. The van der Waals surface area contributed by atoms with Gasteiger partial charge < -0.3 is 20.4 Å². The maximum atomic E-state index is 4.88. The van der Waals surface area contributed by atoms with Crippen molar-refractivity contribution in [3.63, 3.8) is 0 Å². The molecule has 5 nitrogen and oxygen atoms in total. The van der Waals surface area contributed by atoms with E-state index in [-0.39, 0.29) is 24.0 Å². The van der Waals surface area contributed by atoms with Gasteiger partial charge in [-0.05, 0) is 90.9 Å². The smallest absolute Gasteiger partial charge is 0.191 e. The van der Waals surface area contributed by atoms with Gasteiger partial charge in [-0.1, -0.05) is 6.92 Å². The molecule has 0 radical (unpaired) electrons. The van der Waals surface area contributed by atoms with Crippen LogP contribution in [0, 0.1) is 11.8 Å². The lowest BCUT2D eigenvalue weighted by atomic mass is 9.97. The highest BCUT2D eigenvalue weighted by atomic mass is 127. The van der Waals surface area contributed by atoms with Gasteiger partial charge in [-0.25, -0.2) is 0 Å². The van der Waals surface area contributed by atoms with E-state index in [1.54, 1.807) is 0 Å². The van der Waals surface area contributed by atoms with Gasteiger partial charge in [-0.3, -0.25) is 4.99 Å². The Bertz CT molecular complexity index is 407. The van der Waals surface area contributed by atoms with Gasteiger partial charge in [-0.15, -0.1) is 24.0 Å². The molecule has 0 amide bonds. The molecule has 0 aromatic heterocycles. The van der Waals surface area contributed by atoms with E-state index in [1.807, 2.05) is 0 Å². The second-order valence-electron chi connectivity index (χ2n) is 8.62. The molecule has 2 fully saturated rings. The Hall–Kier alpha value is -0.0800. The third kappa shape index (κ3) is 9.79. The van der Waals surface area contributed by atoms with E-state index >= 15 is 0 Å². The molecule has 27 heavy (non-hydrogen) atoms. The van der Waals surface area contributed by atoms with Gasteiger partial charge in [0.1, 0.15) is 0 Å². The minimum absolute atomic E-state index is 0. The SMILES string of the molecule is CCNC(=NCC1CCCN(C(C)C)C1)NCCCN1CCC(C)CC1.I. The normalized spacial score (nSPS) is 23.3. The molecule has 2 saturated heterocycles. The number of rotatable bonds is 8. The molecular formula is C21H44IN5. The van der Waals surface area contributed by atoms with Crippen LogP contribution in [0.1, 0.15) is 59.8 Å². The fraction of sp³-hybridized carbons (Fsp3) is 0.952. The molecule has 1 atom stereocenters. The number of nitrogens with one attached hydrogen (secondary N) is 2. The quantitative estimate of drug-likeness (QED) is 0.236. The van der Waals surface area contributed by atoms with Gasteiger partial charge in [0.25, 0.3) is 0 Å². The fourth-order valence-electron chi connectivity index (χ4n) is 4.07.